The van der Waals surface area contributed by atoms with Gasteiger partial charge in [0.1, 0.15) is 0 Å². The summed E-state index contributed by atoms with van der Waals surface area (Å²) < 4.78 is 54.8. The van der Waals surface area contributed by atoms with Crippen LogP contribution in [0.4, 0.5) is 8.78 Å². The van der Waals surface area contributed by atoms with Gasteiger partial charge in [0.15, 0.2) is 0 Å². The van der Waals surface area contributed by atoms with Crippen LogP contribution >= 0.6 is 0 Å². The summed E-state index contributed by atoms with van der Waals surface area (Å²) >= 11 is 0. The second-order valence-corrected chi connectivity index (χ2v) is 8.15. The maximum Gasteiger partial charge on any atom is 0.296 e. The lowest BCUT2D eigenvalue weighted by atomic mass is 9.50. The molecule has 21 heavy (non-hydrogen) atoms. The summed E-state index contributed by atoms with van der Waals surface area (Å²) in [6.45, 7) is 1.96. The highest BCUT2D eigenvalue weighted by molar-refractivity contribution is 7.86. The average molecular weight is 316 g/mol. The summed E-state index contributed by atoms with van der Waals surface area (Å²) in [6, 6.07) is 6.45. The molecule has 0 unspecified atom stereocenters. The van der Waals surface area contributed by atoms with E-state index in [0.29, 0.717) is 12.8 Å². The predicted octanol–water partition coefficient (Wildman–Crippen LogP) is 3.53. The molecule has 6 heteroatoms. The summed E-state index contributed by atoms with van der Waals surface area (Å²) in [5.74, 6) is -2.44. The molecule has 116 valence electrons. The first-order chi connectivity index (χ1) is 9.70. The Morgan fingerprint density at radius 3 is 2.29 bits per heavy atom. The van der Waals surface area contributed by atoms with E-state index >= 15 is 0 Å². The quantitative estimate of drug-likeness (QED) is 0.798. The highest BCUT2D eigenvalue weighted by Gasteiger charge is 2.61. The molecule has 0 amide bonds. The van der Waals surface area contributed by atoms with Crippen LogP contribution in [0, 0.1) is 18.3 Å². The number of aryl methyl sites for hydroxylation is 1. The normalized spacial score (nSPS) is 23.6. The number of hydrogen-bond donors (Lipinski definition) is 0. The van der Waals surface area contributed by atoms with Crippen LogP contribution in [0.2, 0.25) is 0 Å². The van der Waals surface area contributed by atoms with Gasteiger partial charge in [-0.05, 0) is 43.2 Å². The van der Waals surface area contributed by atoms with Crippen LogP contribution in [0.25, 0.3) is 0 Å². The standard InChI is InChI=1S/C15H18F2O3S/c1-11-2-4-13(5-3-11)21(18,19)20-8-12-6-14(7-12)9-15(16,17)10-14/h2-5,12H,6-10H2,1H3. The molecule has 2 aliphatic rings. The molecule has 0 aromatic heterocycles. The van der Waals surface area contributed by atoms with Crippen molar-refractivity contribution in [2.75, 3.05) is 6.61 Å². The number of benzene rings is 1. The number of rotatable bonds is 4. The van der Waals surface area contributed by atoms with E-state index in [-0.39, 0.29) is 35.7 Å². The van der Waals surface area contributed by atoms with Crippen molar-refractivity contribution in [3.63, 3.8) is 0 Å². The molecular weight excluding hydrogens is 298 g/mol. The Hall–Kier alpha value is -1.01. The lowest BCUT2D eigenvalue weighted by Gasteiger charge is -2.57. The average Bonchev–Trinajstić information content (AvgIpc) is 2.31. The Kier molecular flexibility index (Phi) is 3.37. The van der Waals surface area contributed by atoms with Gasteiger partial charge in [0.2, 0.25) is 5.92 Å². The zero-order valence-electron chi connectivity index (χ0n) is 11.8. The molecular formula is C15H18F2O3S. The molecule has 0 radical (unpaired) electrons. The Balaban J connectivity index is 1.51. The van der Waals surface area contributed by atoms with E-state index in [4.69, 9.17) is 4.18 Å². The fourth-order valence-corrected chi connectivity index (χ4v) is 4.55. The molecule has 3 nitrogen and oxygen atoms in total. The monoisotopic (exact) mass is 316 g/mol. The topological polar surface area (TPSA) is 43.4 Å². The first-order valence-corrected chi connectivity index (χ1v) is 8.45. The van der Waals surface area contributed by atoms with E-state index < -0.39 is 16.0 Å². The van der Waals surface area contributed by atoms with Crippen molar-refractivity contribution in [3.05, 3.63) is 29.8 Å². The second kappa shape index (κ2) is 4.74. The number of hydrogen-bond acceptors (Lipinski definition) is 3. The van der Waals surface area contributed by atoms with Gasteiger partial charge in [-0.2, -0.15) is 8.42 Å². The van der Waals surface area contributed by atoms with Gasteiger partial charge < -0.3 is 0 Å². The third-order valence-corrected chi connectivity index (χ3v) is 5.78. The van der Waals surface area contributed by atoms with Crippen LogP contribution < -0.4 is 0 Å². The van der Waals surface area contributed by atoms with Crippen molar-refractivity contribution in [3.8, 4) is 0 Å². The maximum atomic E-state index is 12.9. The molecule has 0 atom stereocenters. The van der Waals surface area contributed by atoms with Crippen LogP contribution in [-0.4, -0.2) is 20.9 Å². The lowest BCUT2D eigenvalue weighted by molar-refractivity contribution is -0.209. The van der Waals surface area contributed by atoms with Crippen molar-refractivity contribution in [1.82, 2.24) is 0 Å². The van der Waals surface area contributed by atoms with Crippen LogP contribution in [0.3, 0.4) is 0 Å². The summed E-state index contributed by atoms with van der Waals surface area (Å²) in [6.07, 6.45) is 1.18. The van der Waals surface area contributed by atoms with Gasteiger partial charge in [0.25, 0.3) is 10.1 Å². The zero-order valence-corrected chi connectivity index (χ0v) is 12.6. The summed E-state index contributed by atoms with van der Waals surface area (Å²) in [5, 5.41) is 0. The van der Waals surface area contributed by atoms with Crippen LogP contribution in [0.15, 0.2) is 29.2 Å². The lowest BCUT2D eigenvalue weighted by Crippen LogP contribution is -2.54. The molecule has 3 rings (SSSR count). The highest BCUT2D eigenvalue weighted by Crippen LogP contribution is 2.64. The van der Waals surface area contributed by atoms with Crippen LogP contribution in [0.5, 0.6) is 0 Å². The van der Waals surface area contributed by atoms with Gasteiger partial charge in [-0.15, -0.1) is 0 Å². The van der Waals surface area contributed by atoms with Gasteiger partial charge in [-0.3, -0.25) is 4.18 Å². The SMILES string of the molecule is Cc1ccc(S(=O)(=O)OCC2CC3(C2)CC(F)(F)C3)cc1. The molecule has 1 aromatic rings. The minimum atomic E-state index is -3.75. The molecule has 0 aliphatic heterocycles. The van der Waals surface area contributed by atoms with Crippen molar-refractivity contribution in [2.24, 2.45) is 11.3 Å². The van der Waals surface area contributed by atoms with Gasteiger partial charge >= 0.3 is 0 Å². The minimum absolute atomic E-state index is 0.0544. The van der Waals surface area contributed by atoms with Gasteiger partial charge in [0.05, 0.1) is 11.5 Å². The molecule has 2 aliphatic carbocycles. The molecule has 2 fully saturated rings. The highest BCUT2D eigenvalue weighted by atomic mass is 32.2. The molecule has 2 saturated carbocycles. The number of halogens is 2. The molecule has 1 aromatic carbocycles. The van der Waals surface area contributed by atoms with E-state index in [1.807, 2.05) is 6.92 Å². The smallest absolute Gasteiger partial charge is 0.266 e. The van der Waals surface area contributed by atoms with Crippen molar-refractivity contribution < 1.29 is 21.4 Å². The Bertz CT molecular complexity index is 621. The van der Waals surface area contributed by atoms with E-state index in [1.54, 1.807) is 12.1 Å². The van der Waals surface area contributed by atoms with E-state index in [0.717, 1.165) is 5.56 Å². The van der Waals surface area contributed by atoms with Crippen LogP contribution in [0.1, 0.15) is 31.2 Å². The van der Waals surface area contributed by atoms with Crippen molar-refractivity contribution >= 4 is 10.1 Å². The molecule has 1 spiro atoms. The fourth-order valence-electron chi connectivity index (χ4n) is 3.58. The Morgan fingerprint density at radius 1 is 1.19 bits per heavy atom. The first kappa shape index (κ1) is 14.9. The maximum absolute atomic E-state index is 12.9. The van der Waals surface area contributed by atoms with E-state index in [2.05, 4.69) is 0 Å². The molecule has 0 saturated heterocycles. The Labute approximate surface area is 123 Å². The fraction of sp³-hybridized carbons (Fsp3) is 0.600. The summed E-state index contributed by atoms with van der Waals surface area (Å²) in [5.41, 5.74) is 0.728. The third kappa shape index (κ3) is 2.97. The van der Waals surface area contributed by atoms with Gasteiger partial charge in [-0.1, -0.05) is 17.7 Å². The second-order valence-electron chi connectivity index (χ2n) is 6.54. The van der Waals surface area contributed by atoms with Gasteiger partial charge in [-0.25, -0.2) is 8.78 Å². The summed E-state index contributed by atoms with van der Waals surface area (Å²) in [7, 11) is -3.75. The molecule has 0 heterocycles. The third-order valence-electron chi connectivity index (χ3n) is 4.48. The largest absolute Gasteiger partial charge is 0.296 e. The van der Waals surface area contributed by atoms with E-state index in [9.17, 15) is 17.2 Å². The van der Waals surface area contributed by atoms with Gasteiger partial charge in [0, 0.05) is 12.8 Å². The van der Waals surface area contributed by atoms with Crippen LogP contribution in [-0.2, 0) is 14.3 Å². The molecule has 0 bridgehead atoms. The summed E-state index contributed by atoms with van der Waals surface area (Å²) in [4.78, 5) is 0.136. The zero-order chi connectivity index (χ0) is 15.3. The first-order valence-electron chi connectivity index (χ1n) is 7.04. The van der Waals surface area contributed by atoms with Crippen molar-refractivity contribution in [2.45, 2.75) is 43.4 Å². The Morgan fingerprint density at radius 2 is 1.76 bits per heavy atom. The van der Waals surface area contributed by atoms with Crippen molar-refractivity contribution in [1.29, 1.82) is 0 Å². The minimum Gasteiger partial charge on any atom is -0.266 e. The predicted molar refractivity (Wildman–Crippen MR) is 73.7 cm³/mol. The molecule has 0 N–H and O–H groups in total. The number of alkyl halides is 2. The van der Waals surface area contributed by atoms with E-state index in [1.165, 1.54) is 12.1 Å².